The van der Waals surface area contributed by atoms with Crippen molar-refractivity contribution in [1.82, 2.24) is 15.1 Å². The quantitative estimate of drug-likeness (QED) is 0.850. The first-order chi connectivity index (χ1) is 11.6. The van der Waals surface area contributed by atoms with Crippen molar-refractivity contribution < 1.29 is 13.9 Å². The first-order valence-corrected chi connectivity index (χ1v) is 8.01. The van der Waals surface area contributed by atoms with E-state index in [-0.39, 0.29) is 30.2 Å². The van der Waals surface area contributed by atoms with Crippen molar-refractivity contribution in [2.24, 2.45) is 13.0 Å². The number of nitrogens with zero attached hydrogens (tertiary/aromatic N) is 2. The van der Waals surface area contributed by atoms with Crippen molar-refractivity contribution in [3.05, 3.63) is 42.0 Å². The lowest BCUT2D eigenvalue weighted by Crippen LogP contribution is -2.28. The number of rotatable bonds is 5. The minimum Gasteiger partial charge on any atom is -0.492 e. The number of halogens is 2. The van der Waals surface area contributed by atoms with E-state index in [1.54, 1.807) is 10.9 Å². The number of hydrogen-bond donors (Lipinski definition) is 2. The zero-order chi connectivity index (χ0) is 17.1. The van der Waals surface area contributed by atoms with E-state index in [2.05, 4.69) is 15.7 Å². The van der Waals surface area contributed by atoms with Crippen LogP contribution >= 0.6 is 12.4 Å². The lowest BCUT2D eigenvalue weighted by Gasteiger charge is -2.18. The monoisotopic (exact) mass is 368 g/mol. The van der Waals surface area contributed by atoms with Gasteiger partial charge in [-0.2, -0.15) is 5.10 Å². The molecule has 1 amide bonds. The molecule has 0 bridgehead atoms. The Balaban J connectivity index is 0.00000225. The molecule has 1 saturated heterocycles. The van der Waals surface area contributed by atoms with Gasteiger partial charge in [-0.05, 0) is 24.6 Å². The largest absolute Gasteiger partial charge is 0.492 e. The number of carbonyl (C=O) groups is 1. The standard InChI is InChI=1S/C17H21FN4O2.ClH/c1-3-24-16-6-12(18)4-5-15(16)21-17(23)14-9-19-8-13(14)11-7-20-22(2)10-11;/h4-7,10,13-14,19H,3,8-9H2,1-2H3,(H,21,23);1H/t13-,14+;/m1./s1. The van der Waals surface area contributed by atoms with Gasteiger partial charge in [-0.25, -0.2) is 4.39 Å². The van der Waals surface area contributed by atoms with Crippen LogP contribution in [0.3, 0.4) is 0 Å². The van der Waals surface area contributed by atoms with Crippen molar-refractivity contribution >= 4 is 24.0 Å². The van der Waals surface area contributed by atoms with Crippen molar-refractivity contribution in [3.8, 4) is 5.75 Å². The molecule has 1 aliphatic heterocycles. The third-order valence-electron chi connectivity index (χ3n) is 4.21. The summed E-state index contributed by atoms with van der Waals surface area (Å²) >= 11 is 0. The van der Waals surface area contributed by atoms with Crippen molar-refractivity contribution in [2.75, 3.05) is 25.0 Å². The zero-order valence-electron chi connectivity index (χ0n) is 14.2. The maximum absolute atomic E-state index is 13.4. The zero-order valence-corrected chi connectivity index (χ0v) is 15.0. The molecule has 0 saturated carbocycles. The van der Waals surface area contributed by atoms with Crippen molar-refractivity contribution in [1.29, 1.82) is 0 Å². The number of ether oxygens (including phenoxy) is 1. The first kappa shape index (κ1) is 19.2. The van der Waals surface area contributed by atoms with Crippen molar-refractivity contribution in [3.63, 3.8) is 0 Å². The third kappa shape index (κ3) is 4.29. The van der Waals surface area contributed by atoms with Crippen LogP contribution in [0.5, 0.6) is 5.75 Å². The minimum atomic E-state index is -0.396. The summed E-state index contributed by atoms with van der Waals surface area (Å²) in [6.45, 7) is 3.54. The lowest BCUT2D eigenvalue weighted by molar-refractivity contribution is -0.119. The number of aryl methyl sites for hydroxylation is 1. The molecular weight excluding hydrogens is 347 g/mol. The highest BCUT2D eigenvalue weighted by Crippen LogP contribution is 2.31. The molecule has 1 aliphatic rings. The Bertz CT molecular complexity index is 737. The Morgan fingerprint density at radius 2 is 2.28 bits per heavy atom. The van der Waals surface area contributed by atoms with Gasteiger partial charge in [-0.3, -0.25) is 9.48 Å². The molecule has 1 fully saturated rings. The fraction of sp³-hybridized carbons (Fsp3) is 0.412. The van der Waals surface area contributed by atoms with E-state index in [4.69, 9.17) is 4.74 Å². The van der Waals surface area contributed by atoms with E-state index >= 15 is 0 Å². The van der Waals surface area contributed by atoms with Crippen LogP contribution in [0.25, 0.3) is 0 Å². The summed E-state index contributed by atoms with van der Waals surface area (Å²) in [5.74, 6) is -0.313. The van der Waals surface area contributed by atoms with Crippen LogP contribution in [0.4, 0.5) is 10.1 Å². The lowest BCUT2D eigenvalue weighted by atomic mass is 9.90. The van der Waals surface area contributed by atoms with E-state index in [0.29, 0.717) is 24.6 Å². The van der Waals surface area contributed by atoms with E-state index < -0.39 is 5.82 Å². The molecule has 8 heteroatoms. The molecule has 2 N–H and O–H groups in total. The molecule has 2 atom stereocenters. The summed E-state index contributed by atoms with van der Waals surface area (Å²) in [6, 6.07) is 4.12. The number of nitrogens with one attached hydrogen (secondary N) is 2. The normalized spacial score (nSPS) is 19.3. The Kier molecular flexibility index (Phi) is 6.39. The predicted molar refractivity (Wildman–Crippen MR) is 95.8 cm³/mol. The maximum atomic E-state index is 13.4. The molecule has 25 heavy (non-hydrogen) atoms. The van der Waals surface area contributed by atoms with Gasteiger partial charge < -0.3 is 15.4 Å². The second-order valence-electron chi connectivity index (χ2n) is 5.88. The Hall–Kier alpha value is -2.12. The molecule has 2 aromatic rings. The molecule has 1 aromatic carbocycles. The van der Waals surface area contributed by atoms with E-state index in [9.17, 15) is 9.18 Å². The molecule has 3 rings (SSSR count). The van der Waals surface area contributed by atoms with Crippen LogP contribution in [0.15, 0.2) is 30.6 Å². The average Bonchev–Trinajstić information content (AvgIpc) is 3.18. The smallest absolute Gasteiger partial charge is 0.229 e. The van der Waals surface area contributed by atoms with Gasteiger partial charge in [0.1, 0.15) is 11.6 Å². The highest BCUT2D eigenvalue weighted by molar-refractivity contribution is 5.95. The van der Waals surface area contributed by atoms with Crippen LogP contribution in [0, 0.1) is 11.7 Å². The summed E-state index contributed by atoms with van der Waals surface area (Å²) in [6.07, 6.45) is 3.73. The number of carbonyl (C=O) groups excluding carboxylic acids is 1. The van der Waals surface area contributed by atoms with E-state index in [0.717, 1.165) is 12.1 Å². The molecule has 2 heterocycles. The Morgan fingerprint density at radius 1 is 1.48 bits per heavy atom. The van der Waals surface area contributed by atoms with Gasteiger partial charge in [-0.15, -0.1) is 12.4 Å². The molecule has 0 radical (unpaired) electrons. The molecule has 6 nitrogen and oxygen atoms in total. The number of aromatic nitrogens is 2. The topological polar surface area (TPSA) is 68.2 Å². The van der Waals surface area contributed by atoms with Gasteiger partial charge in [0, 0.05) is 38.3 Å². The van der Waals surface area contributed by atoms with E-state index in [1.807, 2.05) is 20.2 Å². The van der Waals surface area contributed by atoms with Gasteiger partial charge in [0.15, 0.2) is 0 Å². The predicted octanol–water partition coefficient (Wildman–Crippen LogP) is 2.32. The molecule has 136 valence electrons. The summed E-state index contributed by atoms with van der Waals surface area (Å²) in [4.78, 5) is 12.7. The fourth-order valence-electron chi connectivity index (χ4n) is 3.04. The summed E-state index contributed by atoms with van der Waals surface area (Å²) in [7, 11) is 1.85. The van der Waals surface area contributed by atoms with Gasteiger partial charge >= 0.3 is 0 Å². The number of anilines is 1. The van der Waals surface area contributed by atoms with Crippen LogP contribution < -0.4 is 15.4 Å². The van der Waals surface area contributed by atoms with Gasteiger partial charge in [0.05, 0.1) is 24.4 Å². The highest BCUT2D eigenvalue weighted by atomic mass is 35.5. The van der Waals surface area contributed by atoms with Gasteiger partial charge in [-0.1, -0.05) is 0 Å². The van der Waals surface area contributed by atoms with E-state index in [1.165, 1.54) is 18.2 Å². The second-order valence-corrected chi connectivity index (χ2v) is 5.88. The highest BCUT2D eigenvalue weighted by Gasteiger charge is 2.35. The van der Waals surface area contributed by atoms with Crippen LogP contribution in [-0.4, -0.2) is 35.4 Å². The van der Waals surface area contributed by atoms with Gasteiger partial charge in [0.25, 0.3) is 0 Å². The summed E-state index contributed by atoms with van der Waals surface area (Å²) < 4.78 is 20.5. The summed E-state index contributed by atoms with van der Waals surface area (Å²) in [5, 5.41) is 10.3. The van der Waals surface area contributed by atoms with Gasteiger partial charge in [0.2, 0.25) is 5.91 Å². The minimum absolute atomic E-state index is 0. The molecule has 0 spiro atoms. The Morgan fingerprint density at radius 3 is 2.96 bits per heavy atom. The number of benzene rings is 1. The third-order valence-corrected chi connectivity index (χ3v) is 4.21. The summed E-state index contributed by atoms with van der Waals surface area (Å²) in [5.41, 5.74) is 1.52. The average molecular weight is 369 g/mol. The van der Waals surface area contributed by atoms with Crippen LogP contribution in [-0.2, 0) is 11.8 Å². The molecule has 0 unspecified atom stereocenters. The Labute approximate surface area is 152 Å². The SMILES string of the molecule is CCOc1cc(F)ccc1NC(=O)[C@H]1CNC[C@@H]1c1cnn(C)c1.Cl. The van der Waals surface area contributed by atoms with Crippen LogP contribution in [0.2, 0.25) is 0 Å². The number of amides is 1. The molecule has 0 aliphatic carbocycles. The molecular formula is C17H22ClFN4O2. The maximum Gasteiger partial charge on any atom is 0.229 e. The molecule has 1 aromatic heterocycles. The number of hydrogen-bond acceptors (Lipinski definition) is 4. The first-order valence-electron chi connectivity index (χ1n) is 8.01. The van der Waals surface area contributed by atoms with Crippen LogP contribution in [0.1, 0.15) is 18.4 Å². The second kappa shape index (κ2) is 8.31. The van der Waals surface area contributed by atoms with Crippen molar-refractivity contribution in [2.45, 2.75) is 12.8 Å². The fourth-order valence-corrected chi connectivity index (χ4v) is 3.04.